The second-order valence-corrected chi connectivity index (χ2v) is 6.45. The van der Waals surface area contributed by atoms with Crippen LogP contribution in [0.15, 0.2) is 18.2 Å². The molecule has 2 aliphatic heterocycles. The van der Waals surface area contributed by atoms with Gasteiger partial charge in [-0.3, -0.25) is 4.79 Å². The average Bonchev–Trinajstić information content (AvgIpc) is 2.74. The molecule has 0 aliphatic carbocycles. The predicted molar refractivity (Wildman–Crippen MR) is 77.8 cm³/mol. The Hall–Kier alpha value is -1.87. The summed E-state index contributed by atoms with van der Waals surface area (Å²) in [6.07, 6.45) is -1.13. The number of nitrogens with zero attached hydrogens (tertiary/aromatic N) is 2. The first-order valence-electron chi connectivity index (χ1n) is 7.68. The number of alkyl halides is 3. The van der Waals surface area contributed by atoms with Crippen LogP contribution >= 0.6 is 0 Å². The molecule has 2 aliphatic rings. The number of nitriles is 1. The molecule has 23 heavy (non-hydrogen) atoms. The maximum absolute atomic E-state index is 13.0. The summed E-state index contributed by atoms with van der Waals surface area (Å²) in [6.45, 7) is 0. The summed E-state index contributed by atoms with van der Waals surface area (Å²) in [5.41, 5.74) is -1.41. The van der Waals surface area contributed by atoms with Gasteiger partial charge in [-0.1, -0.05) is 6.07 Å². The minimum atomic E-state index is -4.63. The van der Waals surface area contributed by atoms with E-state index in [1.54, 1.807) is 0 Å². The van der Waals surface area contributed by atoms with Gasteiger partial charge >= 0.3 is 6.18 Å². The molecule has 1 aromatic rings. The first-order valence-corrected chi connectivity index (χ1v) is 7.68. The third kappa shape index (κ3) is 2.86. The summed E-state index contributed by atoms with van der Waals surface area (Å²) in [4.78, 5) is 14.9. The molecule has 2 unspecified atom stereocenters. The minimum Gasteiger partial charge on any atom is -0.300 e. The van der Waals surface area contributed by atoms with Crippen LogP contribution in [0.1, 0.15) is 47.2 Å². The summed E-state index contributed by atoms with van der Waals surface area (Å²) in [5.74, 6) is -0.456. The number of benzene rings is 1. The number of halogens is 3. The van der Waals surface area contributed by atoms with Gasteiger partial charge in [-0.25, -0.2) is 0 Å². The molecule has 0 amide bonds. The number of hydrogen-bond donors (Lipinski definition) is 0. The lowest BCUT2D eigenvalue weighted by atomic mass is 9.84. The predicted octanol–water partition coefficient (Wildman–Crippen LogP) is 3.63. The molecule has 6 heteroatoms. The molecule has 2 saturated heterocycles. The SMILES string of the molecule is CN1C2CCC1CC(C(=O)c1ccc(C#N)c(C(F)(F)F)c1)C2. The van der Waals surface area contributed by atoms with Gasteiger partial charge in [0.15, 0.2) is 5.78 Å². The summed E-state index contributed by atoms with van der Waals surface area (Å²) < 4.78 is 39.1. The Bertz CT molecular complexity index is 663. The maximum Gasteiger partial charge on any atom is 0.417 e. The topological polar surface area (TPSA) is 44.1 Å². The number of Topliss-reactive ketones (excluding diaryl/α,β-unsaturated/α-hetero) is 1. The van der Waals surface area contributed by atoms with Gasteiger partial charge < -0.3 is 4.90 Å². The smallest absolute Gasteiger partial charge is 0.300 e. The van der Waals surface area contributed by atoms with E-state index in [4.69, 9.17) is 5.26 Å². The van der Waals surface area contributed by atoms with Crippen LogP contribution in [0.2, 0.25) is 0 Å². The summed E-state index contributed by atoms with van der Waals surface area (Å²) >= 11 is 0. The zero-order valence-corrected chi connectivity index (χ0v) is 12.7. The van der Waals surface area contributed by atoms with Gasteiger partial charge in [-0.15, -0.1) is 0 Å². The van der Waals surface area contributed by atoms with Crippen molar-refractivity contribution >= 4 is 5.78 Å². The van der Waals surface area contributed by atoms with E-state index in [9.17, 15) is 18.0 Å². The second kappa shape index (κ2) is 5.64. The monoisotopic (exact) mass is 322 g/mol. The highest BCUT2D eigenvalue weighted by atomic mass is 19.4. The molecule has 0 aromatic heterocycles. The van der Waals surface area contributed by atoms with Crippen molar-refractivity contribution in [1.82, 2.24) is 4.90 Å². The van der Waals surface area contributed by atoms with E-state index in [0.29, 0.717) is 24.9 Å². The van der Waals surface area contributed by atoms with Crippen LogP contribution < -0.4 is 0 Å². The van der Waals surface area contributed by atoms with E-state index >= 15 is 0 Å². The zero-order chi connectivity index (χ0) is 16.8. The van der Waals surface area contributed by atoms with Gasteiger partial charge in [0.05, 0.1) is 17.2 Å². The fraction of sp³-hybridized carbons (Fsp3) is 0.529. The van der Waals surface area contributed by atoms with Crippen molar-refractivity contribution in [1.29, 1.82) is 5.26 Å². The Balaban J connectivity index is 1.88. The van der Waals surface area contributed by atoms with Crippen molar-refractivity contribution in [3.8, 4) is 6.07 Å². The van der Waals surface area contributed by atoms with Crippen LogP contribution in [0.3, 0.4) is 0 Å². The highest BCUT2D eigenvalue weighted by molar-refractivity contribution is 5.98. The van der Waals surface area contributed by atoms with Crippen molar-refractivity contribution in [3.63, 3.8) is 0 Å². The molecular weight excluding hydrogens is 305 g/mol. The van der Waals surface area contributed by atoms with Crippen molar-refractivity contribution in [2.24, 2.45) is 5.92 Å². The number of fused-ring (bicyclic) bond motifs is 2. The van der Waals surface area contributed by atoms with Crippen molar-refractivity contribution < 1.29 is 18.0 Å². The van der Waals surface area contributed by atoms with Gasteiger partial charge in [0, 0.05) is 23.6 Å². The Labute approximate surface area is 132 Å². The Morgan fingerprint density at radius 1 is 1.26 bits per heavy atom. The lowest BCUT2D eigenvalue weighted by molar-refractivity contribution is -0.137. The first-order chi connectivity index (χ1) is 10.8. The number of carbonyl (C=O) groups is 1. The van der Waals surface area contributed by atoms with E-state index < -0.39 is 17.3 Å². The zero-order valence-electron chi connectivity index (χ0n) is 12.7. The number of carbonyl (C=O) groups excluding carboxylic acids is 1. The van der Waals surface area contributed by atoms with Gasteiger partial charge in [0.2, 0.25) is 0 Å². The summed E-state index contributed by atoms with van der Waals surface area (Å²) in [5, 5.41) is 8.83. The van der Waals surface area contributed by atoms with Crippen molar-refractivity contribution in [2.75, 3.05) is 7.05 Å². The van der Waals surface area contributed by atoms with E-state index in [1.807, 2.05) is 7.05 Å². The molecule has 2 bridgehead atoms. The Morgan fingerprint density at radius 2 is 1.87 bits per heavy atom. The molecule has 2 heterocycles. The van der Waals surface area contributed by atoms with Crippen LogP contribution in [-0.4, -0.2) is 29.8 Å². The van der Waals surface area contributed by atoms with Gasteiger partial charge in [-0.05, 0) is 44.9 Å². The number of hydrogen-bond acceptors (Lipinski definition) is 3. The molecule has 2 atom stereocenters. The fourth-order valence-corrected chi connectivity index (χ4v) is 3.89. The highest BCUT2D eigenvalue weighted by Gasteiger charge is 2.41. The molecule has 0 N–H and O–H groups in total. The standard InChI is InChI=1S/C17H17F3N2O/c1-22-13-4-5-14(22)7-12(6-13)16(23)10-2-3-11(9-21)15(8-10)17(18,19)20/h2-3,8,12-14H,4-7H2,1H3. The molecule has 3 nitrogen and oxygen atoms in total. The average molecular weight is 322 g/mol. The lowest BCUT2D eigenvalue weighted by Crippen LogP contribution is -2.42. The van der Waals surface area contributed by atoms with E-state index in [-0.39, 0.29) is 17.3 Å². The van der Waals surface area contributed by atoms with Crippen LogP contribution in [0.25, 0.3) is 0 Å². The largest absolute Gasteiger partial charge is 0.417 e. The Morgan fingerprint density at radius 3 is 2.39 bits per heavy atom. The molecule has 122 valence electrons. The second-order valence-electron chi connectivity index (χ2n) is 6.45. The van der Waals surface area contributed by atoms with Crippen molar-refractivity contribution in [2.45, 2.75) is 43.9 Å². The molecule has 0 saturated carbocycles. The van der Waals surface area contributed by atoms with Gasteiger partial charge in [-0.2, -0.15) is 18.4 Å². The normalized spacial score (nSPS) is 27.7. The van der Waals surface area contributed by atoms with E-state index in [2.05, 4.69) is 4.90 Å². The molecule has 1 aromatic carbocycles. The Kier molecular flexibility index (Phi) is 3.93. The lowest BCUT2D eigenvalue weighted by Gasteiger charge is -2.35. The van der Waals surface area contributed by atoms with Crippen LogP contribution in [0, 0.1) is 17.2 Å². The third-order valence-electron chi connectivity index (χ3n) is 5.20. The third-order valence-corrected chi connectivity index (χ3v) is 5.20. The molecular formula is C17H17F3N2O. The number of rotatable bonds is 2. The van der Waals surface area contributed by atoms with Gasteiger partial charge in [0.1, 0.15) is 0 Å². The molecule has 2 fully saturated rings. The maximum atomic E-state index is 13.0. The quantitative estimate of drug-likeness (QED) is 0.781. The summed E-state index contributed by atoms with van der Waals surface area (Å²) in [7, 11) is 2.05. The molecule has 0 spiro atoms. The van der Waals surface area contributed by atoms with E-state index in [1.165, 1.54) is 12.1 Å². The van der Waals surface area contributed by atoms with Crippen molar-refractivity contribution in [3.05, 3.63) is 34.9 Å². The van der Waals surface area contributed by atoms with Crippen LogP contribution in [0.4, 0.5) is 13.2 Å². The minimum absolute atomic E-state index is 0.0604. The fourth-order valence-electron chi connectivity index (χ4n) is 3.89. The van der Waals surface area contributed by atoms with E-state index in [0.717, 1.165) is 25.0 Å². The number of ketones is 1. The molecule has 3 rings (SSSR count). The first kappa shape index (κ1) is 16.0. The number of piperidine rings is 1. The van der Waals surface area contributed by atoms with Gasteiger partial charge in [0.25, 0.3) is 0 Å². The molecule has 0 radical (unpaired) electrons. The highest BCUT2D eigenvalue weighted by Crippen LogP contribution is 2.39. The summed E-state index contributed by atoms with van der Waals surface area (Å²) in [6, 6.07) is 5.51. The van der Waals surface area contributed by atoms with Crippen LogP contribution in [0.5, 0.6) is 0 Å². The van der Waals surface area contributed by atoms with Crippen LogP contribution in [-0.2, 0) is 6.18 Å².